The first-order valence-electron chi connectivity index (χ1n) is 3.74. The van der Waals surface area contributed by atoms with Gasteiger partial charge < -0.3 is 9.52 Å². The van der Waals surface area contributed by atoms with Crippen molar-refractivity contribution >= 4 is 12.0 Å². The minimum Gasteiger partial charge on any atom is -0.475 e. The quantitative estimate of drug-likeness (QED) is 0.451. The molecule has 0 saturated heterocycles. The molecule has 0 aliphatic rings. The third-order valence-electron chi connectivity index (χ3n) is 1.37. The van der Waals surface area contributed by atoms with Crippen LogP contribution in [0, 0.1) is 0 Å². The van der Waals surface area contributed by atoms with Crippen molar-refractivity contribution in [1.82, 2.24) is 0 Å². The molecule has 0 unspecified atom stereocenters. The molecular formula is C8H7N3O3. The number of carboxylic acid groups (broad SMARTS) is 1. The van der Waals surface area contributed by atoms with Gasteiger partial charge in [-0.25, -0.2) is 4.79 Å². The highest BCUT2D eigenvalue weighted by molar-refractivity contribution is 5.84. The first kappa shape index (κ1) is 9.88. The Morgan fingerprint density at radius 1 is 1.71 bits per heavy atom. The average molecular weight is 193 g/mol. The summed E-state index contributed by atoms with van der Waals surface area (Å²) in [5.41, 5.74) is 7.96. The largest absolute Gasteiger partial charge is 0.475 e. The lowest BCUT2D eigenvalue weighted by Gasteiger charge is -1.85. The van der Waals surface area contributed by atoms with Gasteiger partial charge in [0, 0.05) is 11.5 Å². The number of carbonyl (C=O) groups is 1. The van der Waals surface area contributed by atoms with Gasteiger partial charge in [0.2, 0.25) is 5.76 Å². The lowest BCUT2D eigenvalue weighted by Crippen LogP contribution is -1.91. The fourth-order valence-electron chi connectivity index (χ4n) is 0.810. The first-order chi connectivity index (χ1) is 6.74. The summed E-state index contributed by atoms with van der Waals surface area (Å²) < 4.78 is 4.90. The second-order valence-electron chi connectivity index (χ2n) is 2.32. The van der Waals surface area contributed by atoms with E-state index in [0.717, 1.165) is 0 Å². The maximum Gasteiger partial charge on any atom is 0.371 e. The summed E-state index contributed by atoms with van der Waals surface area (Å²) >= 11 is 0. The lowest BCUT2D eigenvalue weighted by molar-refractivity contribution is 0.0662. The van der Waals surface area contributed by atoms with Gasteiger partial charge in [0.15, 0.2) is 0 Å². The zero-order valence-corrected chi connectivity index (χ0v) is 7.12. The van der Waals surface area contributed by atoms with Crippen LogP contribution in [-0.2, 0) is 0 Å². The van der Waals surface area contributed by atoms with Crippen LogP contribution in [0.3, 0.4) is 0 Å². The predicted octanol–water partition coefficient (Wildman–Crippen LogP) is 2.30. The highest BCUT2D eigenvalue weighted by atomic mass is 16.4. The van der Waals surface area contributed by atoms with E-state index >= 15 is 0 Å². The second-order valence-corrected chi connectivity index (χ2v) is 2.32. The van der Waals surface area contributed by atoms with E-state index in [2.05, 4.69) is 10.0 Å². The van der Waals surface area contributed by atoms with Crippen LogP contribution in [-0.4, -0.2) is 17.6 Å². The molecule has 0 amide bonds. The molecule has 0 bridgehead atoms. The second kappa shape index (κ2) is 4.74. The normalized spacial score (nSPS) is 10.0. The molecule has 6 nitrogen and oxygen atoms in total. The van der Waals surface area contributed by atoms with E-state index in [0.29, 0.717) is 5.76 Å². The van der Waals surface area contributed by atoms with Crippen molar-refractivity contribution in [2.45, 2.75) is 0 Å². The maximum absolute atomic E-state index is 10.4. The number of aromatic carboxylic acids is 1. The van der Waals surface area contributed by atoms with Crippen LogP contribution in [0.5, 0.6) is 0 Å². The molecule has 0 radical (unpaired) electrons. The third-order valence-corrected chi connectivity index (χ3v) is 1.37. The number of hydrogen-bond donors (Lipinski definition) is 1. The third kappa shape index (κ3) is 2.69. The summed E-state index contributed by atoms with van der Waals surface area (Å²) in [5.74, 6) is -0.816. The van der Waals surface area contributed by atoms with Gasteiger partial charge in [0.05, 0.1) is 0 Å². The molecule has 0 aliphatic heterocycles. The van der Waals surface area contributed by atoms with Crippen molar-refractivity contribution in [3.05, 3.63) is 40.2 Å². The van der Waals surface area contributed by atoms with E-state index in [1.54, 1.807) is 12.2 Å². The Bertz CT molecular complexity index is 402. The molecular weight excluding hydrogens is 186 g/mol. The van der Waals surface area contributed by atoms with Gasteiger partial charge in [-0.3, -0.25) is 0 Å². The fraction of sp³-hybridized carbons (Fsp3) is 0.125. The van der Waals surface area contributed by atoms with Crippen LogP contribution in [0.15, 0.2) is 27.7 Å². The van der Waals surface area contributed by atoms with Crippen molar-refractivity contribution in [3.8, 4) is 0 Å². The zero-order chi connectivity index (χ0) is 10.4. The molecule has 14 heavy (non-hydrogen) atoms. The first-order valence-corrected chi connectivity index (χ1v) is 3.74. The van der Waals surface area contributed by atoms with Crippen molar-refractivity contribution < 1.29 is 14.3 Å². The number of azide groups is 1. The number of rotatable bonds is 4. The predicted molar refractivity (Wildman–Crippen MR) is 48.7 cm³/mol. The Labute approximate surface area is 79.1 Å². The van der Waals surface area contributed by atoms with E-state index in [-0.39, 0.29) is 12.3 Å². The van der Waals surface area contributed by atoms with Crippen molar-refractivity contribution in [3.63, 3.8) is 0 Å². The van der Waals surface area contributed by atoms with E-state index < -0.39 is 5.97 Å². The van der Waals surface area contributed by atoms with Crippen LogP contribution in [0.25, 0.3) is 16.5 Å². The van der Waals surface area contributed by atoms with Gasteiger partial charge in [-0.1, -0.05) is 11.2 Å². The molecule has 6 heteroatoms. The topological polar surface area (TPSA) is 99.2 Å². The Hall–Kier alpha value is -2.20. The Kier molecular flexibility index (Phi) is 3.34. The molecule has 1 N–H and O–H groups in total. The van der Waals surface area contributed by atoms with E-state index in [9.17, 15) is 4.79 Å². The van der Waals surface area contributed by atoms with Gasteiger partial charge in [-0.15, -0.1) is 0 Å². The molecule has 0 aromatic carbocycles. The average Bonchev–Trinajstić information content (AvgIpc) is 2.61. The highest BCUT2D eigenvalue weighted by Gasteiger charge is 2.06. The summed E-state index contributed by atoms with van der Waals surface area (Å²) in [6.45, 7) is 0.208. The molecule has 1 aromatic rings. The fourth-order valence-corrected chi connectivity index (χ4v) is 0.810. The number of carboxylic acids is 1. The van der Waals surface area contributed by atoms with Crippen LogP contribution in [0.2, 0.25) is 0 Å². The van der Waals surface area contributed by atoms with E-state index in [1.807, 2.05) is 0 Å². The molecule has 1 aromatic heterocycles. The van der Waals surface area contributed by atoms with Gasteiger partial charge in [-0.2, -0.15) is 0 Å². The summed E-state index contributed by atoms with van der Waals surface area (Å²) in [7, 11) is 0. The number of furan rings is 1. The minimum atomic E-state index is -1.11. The Balaban J connectivity index is 2.63. The molecule has 1 rings (SSSR count). The molecule has 1 heterocycles. The molecule has 0 spiro atoms. The van der Waals surface area contributed by atoms with Gasteiger partial charge in [-0.05, 0) is 23.7 Å². The monoisotopic (exact) mass is 193 g/mol. The summed E-state index contributed by atoms with van der Waals surface area (Å²) in [5, 5.41) is 11.8. The van der Waals surface area contributed by atoms with E-state index in [4.69, 9.17) is 15.1 Å². The summed E-state index contributed by atoms with van der Waals surface area (Å²) in [6.07, 6.45) is 3.12. The van der Waals surface area contributed by atoms with Crippen molar-refractivity contribution in [2.75, 3.05) is 6.54 Å². The molecule has 72 valence electrons. The SMILES string of the molecule is [N-]=[N+]=NCC=Cc1ccc(C(=O)O)o1. The lowest BCUT2D eigenvalue weighted by atomic mass is 10.4. The van der Waals surface area contributed by atoms with Gasteiger partial charge >= 0.3 is 5.97 Å². The summed E-state index contributed by atoms with van der Waals surface area (Å²) in [6, 6.07) is 2.88. The van der Waals surface area contributed by atoms with Crippen LogP contribution in [0.4, 0.5) is 0 Å². The Morgan fingerprint density at radius 2 is 2.50 bits per heavy atom. The van der Waals surface area contributed by atoms with Crippen LogP contribution in [0.1, 0.15) is 16.3 Å². The molecule has 0 aliphatic carbocycles. The van der Waals surface area contributed by atoms with Crippen molar-refractivity contribution in [1.29, 1.82) is 0 Å². The highest BCUT2D eigenvalue weighted by Crippen LogP contribution is 2.09. The van der Waals surface area contributed by atoms with Crippen LogP contribution < -0.4 is 0 Å². The molecule has 0 fully saturated rings. The molecule has 0 atom stereocenters. The number of nitrogens with zero attached hydrogens (tertiary/aromatic N) is 3. The minimum absolute atomic E-state index is 0.117. The number of hydrogen-bond acceptors (Lipinski definition) is 3. The Morgan fingerprint density at radius 3 is 3.07 bits per heavy atom. The summed E-state index contributed by atoms with van der Waals surface area (Å²) in [4.78, 5) is 13.0. The zero-order valence-electron chi connectivity index (χ0n) is 7.12. The van der Waals surface area contributed by atoms with Gasteiger partial charge in [0.25, 0.3) is 0 Å². The maximum atomic E-state index is 10.4. The standard InChI is InChI=1S/C8H7N3O3/c9-11-10-5-1-2-6-3-4-7(14-6)8(12)13/h1-4H,5H2,(H,12,13). The van der Waals surface area contributed by atoms with Crippen LogP contribution >= 0.6 is 0 Å². The molecule has 0 saturated carbocycles. The smallest absolute Gasteiger partial charge is 0.371 e. The van der Waals surface area contributed by atoms with E-state index in [1.165, 1.54) is 12.1 Å². The van der Waals surface area contributed by atoms with Crippen molar-refractivity contribution in [2.24, 2.45) is 5.11 Å². The van der Waals surface area contributed by atoms with Gasteiger partial charge in [0.1, 0.15) is 5.76 Å².